The van der Waals surface area contributed by atoms with Crippen molar-refractivity contribution >= 4 is 27.3 Å². The Bertz CT molecular complexity index is 1450. The zero-order chi connectivity index (χ0) is 37.7. The van der Waals surface area contributed by atoms with Crippen LogP contribution in [0.3, 0.4) is 0 Å². The minimum atomic E-state index is -5.68. The summed E-state index contributed by atoms with van der Waals surface area (Å²) in [4.78, 5) is 14.4. The van der Waals surface area contributed by atoms with Crippen LogP contribution >= 0.6 is 0 Å². The molecule has 2 rings (SSSR count). The molecule has 7 nitrogen and oxygen atoms in total. The van der Waals surface area contributed by atoms with Gasteiger partial charge in [0, 0.05) is 70.1 Å². The van der Waals surface area contributed by atoms with Crippen LogP contribution < -0.4 is 14.9 Å². The molecule has 164 valence electrons. The Labute approximate surface area is 200 Å². The van der Waals surface area contributed by atoms with Gasteiger partial charge in [0.15, 0.2) is 1.41 Å². The second kappa shape index (κ2) is 10.9. The van der Waals surface area contributed by atoms with Crippen molar-refractivity contribution < 1.29 is 43.7 Å². The first-order valence-electron chi connectivity index (χ1n) is 17.9. The number of unbranched alkanes of at least 4 members (excludes halogenated alkanes) is 1. The molecule has 1 saturated heterocycles. The van der Waals surface area contributed by atoms with Gasteiger partial charge in [-0.1, -0.05) is 13.7 Å². The Morgan fingerprint density at radius 1 is 1.41 bits per heavy atom. The molecule has 0 radical (unpaired) electrons. The molecule has 29 heavy (non-hydrogen) atoms. The van der Waals surface area contributed by atoms with Gasteiger partial charge in [-0.15, -0.1) is 0 Å². The summed E-state index contributed by atoms with van der Waals surface area (Å²) in [5.74, 6) is -7.59. The highest BCUT2D eigenvalue weighted by Gasteiger charge is 2.18. The van der Waals surface area contributed by atoms with E-state index in [2.05, 4.69) is 0 Å². The summed E-state index contributed by atoms with van der Waals surface area (Å²) in [6, 6.07) is -3.22. The van der Waals surface area contributed by atoms with E-state index >= 15 is 0 Å². The molecule has 0 bridgehead atoms. The van der Waals surface area contributed by atoms with E-state index in [1.807, 2.05) is 0 Å². The molecule has 1 aromatic carbocycles. The van der Waals surface area contributed by atoms with Crippen molar-refractivity contribution in [3.63, 3.8) is 0 Å². The Morgan fingerprint density at radius 2 is 2.17 bits per heavy atom. The molecule has 2 atom stereocenters. The number of benzene rings is 1. The van der Waals surface area contributed by atoms with Crippen molar-refractivity contribution in [2.75, 3.05) is 55.1 Å². The molecule has 0 aromatic heterocycles. The van der Waals surface area contributed by atoms with Crippen molar-refractivity contribution in [1.29, 1.82) is 0 Å². The van der Waals surface area contributed by atoms with E-state index in [0.29, 0.717) is 0 Å². The number of nitrogens with one attached hydrogen (secondary N) is 2. The van der Waals surface area contributed by atoms with Crippen molar-refractivity contribution in [2.45, 2.75) is 33.4 Å². The SMILES string of the molecule is [2H]c1c(F)c([2H])c(N([2H])C(=O)C([2H])([2H])[2H])c([2H])c1N1CC([2H])N(CCCCN([2H])S(=O)(=O)C([2H])([2H])C([2H])(C([2H])([2H])[2H])C([2H])([2H])[2H])C([2H])C1. The van der Waals surface area contributed by atoms with Crippen LogP contribution in [0.15, 0.2) is 18.1 Å². The van der Waals surface area contributed by atoms with Crippen molar-refractivity contribution in [3.05, 3.63) is 23.9 Å². The Kier molecular flexibility index (Phi) is 3.17. The number of nitrogens with zero attached hydrogens (tertiary/aromatic N) is 2. The first-order valence-corrected chi connectivity index (χ1v) is 9.82. The number of carbonyl (C=O) groups excluding carboxylic acids is 1. The van der Waals surface area contributed by atoms with E-state index in [1.54, 1.807) is 0 Å². The van der Waals surface area contributed by atoms with Crippen LogP contribution in [-0.4, -0.2) is 64.2 Å². The summed E-state index contributed by atoms with van der Waals surface area (Å²) in [6.45, 7) is -15.6. The second-order valence-electron chi connectivity index (χ2n) is 5.82. The average molecular weight is 448 g/mol. The minimum Gasteiger partial charge on any atom is -0.369 e. The normalized spacial score (nSPS) is 32.6. The van der Waals surface area contributed by atoms with Crippen LogP contribution in [0, 0.1) is 11.7 Å². The van der Waals surface area contributed by atoms with Gasteiger partial charge in [-0.2, -0.15) is 0 Å². The molecule has 1 aliphatic rings. The molecule has 9 heteroatoms. The molecule has 1 aliphatic heterocycles. The fraction of sp³-hybridized carbons (Fsp3) is 0.650. The van der Waals surface area contributed by atoms with Gasteiger partial charge in [0.05, 0.1) is 9.82 Å². The molecule has 0 spiro atoms. The summed E-state index contributed by atoms with van der Waals surface area (Å²) in [7, 11) is -5.68. The first kappa shape index (κ1) is 8.43. The number of halogens is 1. The van der Waals surface area contributed by atoms with E-state index in [4.69, 9.17) is 26.1 Å². The van der Waals surface area contributed by atoms with E-state index in [-0.39, 0.29) is 29.4 Å². The summed E-state index contributed by atoms with van der Waals surface area (Å²) in [6.07, 6.45) is -0.289. The van der Waals surface area contributed by atoms with Gasteiger partial charge in [-0.3, -0.25) is 9.69 Å². The zero-order valence-corrected chi connectivity index (χ0v) is 16.0. The first-order chi connectivity index (χ1) is 21.4. The predicted molar refractivity (Wildman–Crippen MR) is 115 cm³/mol. The van der Waals surface area contributed by atoms with Gasteiger partial charge in [-0.25, -0.2) is 17.5 Å². The van der Waals surface area contributed by atoms with Crippen LogP contribution in [-0.2, 0) is 14.8 Å². The lowest BCUT2D eigenvalue weighted by molar-refractivity contribution is -0.114. The predicted octanol–water partition coefficient (Wildman–Crippen LogP) is 2.26. The van der Waals surface area contributed by atoms with Crippen molar-refractivity contribution in [1.82, 2.24) is 9.62 Å². The van der Waals surface area contributed by atoms with Crippen LogP contribution in [0.2, 0.25) is 2.82 Å². The van der Waals surface area contributed by atoms with Crippen LogP contribution in [0.4, 0.5) is 15.8 Å². The maximum absolute atomic E-state index is 14.9. The number of hydrogen-bond acceptors (Lipinski definition) is 5. The maximum Gasteiger partial charge on any atom is 0.221 e. The maximum atomic E-state index is 14.9. The molecule has 2 unspecified atom stereocenters. The topological polar surface area (TPSA) is 81.8 Å². The van der Waals surface area contributed by atoms with Crippen LogP contribution in [0.5, 0.6) is 0 Å². The summed E-state index contributed by atoms with van der Waals surface area (Å²) in [5.41, 5.74) is -5.94. The summed E-state index contributed by atoms with van der Waals surface area (Å²) < 4.78 is 187. The number of piperazine rings is 1. The molecule has 2 N–H and O–H groups in total. The van der Waals surface area contributed by atoms with E-state index in [0.717, 1.165) is 4.90 Å². The highest BCUT2D eigenvalue weighted by atomic mass is 32.2. The van der Waals surface area contributed by atoms with Crippen LogP contribution in [0.1, 0.15) is 56.7 Å². The summed E-state index contributed by atoms with van der Waals surface area (Å²) >= 11 is 0. The fourth-order valence-corrected chi connectivity index (χ4v) is 3.09. The molecule has 1 aromatic rings. The number of hydrogen-bond donors (Lipinski definition) is 2. The third kappa shape index (κ3) is 8.67. The van der Waals surface area contributed by atoms with Gasteiger partial charge in [0.2, 0.25) is 15.9 Å². The van der Waals surface area contributed by atoms with Gasteiger partial charge in [0.1, 0.15) is 7.23 Å². The van der Waals surface area contributed by atoms with Gasteiger partial charge in [-0.05, 0) is 43.4 Å². The lowest BCUT2D eigenvalue weighted by Gasteiger charge is -2.36. The third-order valence-corrected chi connectivity index (χ3v) is 4.60. The Balaban J connectivity index is 2.21. The van der Waals surface area contributed by atoms with E-state index < -0.39 is 116 Å². The van der Waals surface area contributed by atoms with Crippen molar-refractivity contribution in [3.8, 4) is 0 Å². The largest absolute Gasteiger partial charge is 0.369 e. The third-order valence-electron chi connectivity index (χ3n) is 3.61. The number of rotatable bonds is 10. The fourth-order valence-electron chi connectivity index (χ4n) is 2.40. The van der Waals surface area contributed by atoms with Gasteiger partial charge in [0.25, 0.3) is 0 Å². The monoisotopic (exact) mass is 447 g/mol. The minimum absolute atomic E-state index is 0.0477. The molecule has 0 aliphatic carbocycles. The number of carbonyl (C=O) groups is 1. The molecule has 1 fully saturated rings. The molecule has 1 heterocycles. The molecule has 1 amide bonds. The smallest absolute Gasteiger partial charge is 0.221 e. The Morgan fingerprint density at radius 3 is 2.86 bits per heavy atom. The van der Waals surface area contributed by atoms with E-state index in [9.17, 15) is 17.6 Å². The highest BCUT2D eigenvalue weighted by Crippen LogP contribution is 2.23. The highest BCUT2D eigenvalue weighted by molar-refractivity contribution is 7.89. The standard InChI is InChI=1S/C20H33FN4O3S/c1-16(2)15-29(27,28)22-6-4-5-7-24-8-10-25(11-9-24)20-13-18(21)12-19(14-20)23-17(3)26/h12-14,16,22H,4-11,15H2,1-3H3,(H,23,26)/i1D3,2D3,3D3,8D,9D,12D,13D,14D,15D2,16D/hD2. The molecule has 0 saturated carbocycles. The number of anilines is 2. The molecular weight excluding hydrogens is 395 g/mol. The number of amides is 1. The lowest BCUT2D eigenvalue weighted by Crippen LogP contribution is -2.46. The summed E-state index contributed by atoms with van der Waals surface area (Å²) in [5, 5.41) is -0.339. The van der Waals surface area contributed by atoms with E-state index in [1.165, 1.54) is 4.90 Å². The average Bonchev–Trinajstić information content (AvgIpc) is 2.92. The lowest BCUT2D eigenvalue weighted by atomic mass is 10.2. The van der Waals surface area contributed by atoms with Gasteiger partial charge < -0.3 is 10.2 Å². The second-order valence-corrected chi connectivity index (χ2v) is 7.24. The zero-order valence-electron chi connectivity index (χ0n) is 34.2. The van der Waals surface area contributed by atoms with Gasteiger partial charge >= 0.3 is 0 Å². The van der Waals surface area contributed by atoms with Crippen LogP contribution in [0.25, 0.3) is 0 Å². The quantitative estimate of drug-likeness (QED) is 0.538. The Hall–Kier alpha value is -1.71. The number of sulfonamides is 1. The molecular formula is C20H33FN4O3S. The van der Waals surface area contributed by atoms with Crippen molar-refractivity contribution in [2.24, 2.45) is 5.89 Å².